The van der Waals surface area contributed by atoms with Crippen LogP contribution in [0.1, 0.15) is 10.9 Å². The predicted molar refractivity (Wildman–Crippen MR) is 98.4 cm³/mol. The topological polar surface area (TPSA) is 49.4 Å². The maximum Gasteiger partial charge on any atom is 0.244 e. The van der Waals surface area contributed by atoms with Crippen molar-refractivity contribution in [3.05, 3.63) is 64.1 Å². The number of rotatable bonds is 4. The van der Waals surface area contributed by atoms with Crippen LogP contribution in [0.3, 0.4) is 0 Å². The first kappa shape index (κ1) is 17.1. The number of hydrogen-bond acceptors (Lipinski definition) is 3. The number of amides is 2. The van der Waals surface area contributed by atoms with Crippen LogP contribution >= 0.6 is 35.0 Å². The largest absolute Gasteiger partial charge is 0.324 e. The van der Waals surface area contributed by atoms with Crippen LogP contribution < -0.4 is 5.32 Å². The first-order valence-corrected chi connectivity index (χ1v) is 9.05. The van der Waals surface area contributed by atoms with Gasteiger partial charge in [-0.1, -0.05) is 53.5 Å². The highest BCUT2D eigenvalue weighted by Gasteiger charge is 2.33. The minimum Gasteiger partial charge on any atom is -0.324 e. The molecule has 1 saturated heterocycles. The van der Waals surface area contributed by atoms with E-state index < -0.39 is 0 Å². The van der Waals surface area contributed by atoms with E-state index in [0.29, 0.717) is 21.5 Å². The number of carbonyl (C=O) groups is 2. The summed E-state index contributed by atoms with van der Waals surface area (Å²) in [5.74, 6) is 0.0359. The molecule has 0 aromatic heterocycles. The summed E-state index contributed by atoms with van der Waals surface area (Å²) in [4.78, 5) is 26.0. The molecule has 0 bridgehead atoms. The molecule has 1 heterocycles. The van der Waals surface area contributed by atoms with Crippen molar-refractivity contribution in [2.75, 3.05) is 17.6 Å². The minimum atomic E-state index is -0.287. The SMILES string of the molecule is O=C(CN1C(=O)CSC1c1ccccc1)Nc1cc(Cl)cc(Cl)c1. The van der Waals surface area contributed by atoms with Gasteiger partial charge in [-0.05, 0) is 23.8 Å². The molecular formula is C17H14Cl2N2O2S. The minimum absolute atomic E-state index is 0.0183. The van der Waals surface area contributed by atoms with Crippen LogP contribution in [0, 0.1) is 0 Å². The van der Waals surface area contributed by atoms with E-state index in [4.69, 9.17) is 23.2 Å². The van der Waals surface area contributed by atoms with Crippen molar-refractivity contribution < 1.29 is 9.59 Å². The molecule has 2 aromatic rings. The van der Waals surface area contributed by atoms with Gasteiger partial charge in [0.1, 0.15) is 11.9 Å². The Bertz CT molecular complexity index is 750. The number of carbonyl (C=O) groups excluding carboxylic acids is 2. The quantitative estimate of drug-likeness (QED) is 0.864. The van der Waals surface area contributed by atoms with Gasteiger partial charge in [0.15, 0.2) is 0 Å². The zero-order valence-corrected chi connectivity index (χ0v) is 14.9. The maximum atomic E-state index is 12.3. The van der Waals surface area contributed by atoms with E-state index in [0.717, 1.165) is 5.56 Å². The average Bonchev–Trinajstić information content (AvgIpc) is 2.88. The van der Waals surface area contributed by atoms with E-state index in [2.05, 4.69) is 5.32 Å². The first-order chi connectivity index (χ1) is 11.5. The van der Waals surface area contributed by atoms with Crippen LogP contribution in [-0.2, 0) is 9.59 Å². The molecule has 0 aliphatic carbocycles. The standard InChI is InChI=1S/C17H14Cl2N2O2S/c18-12-6-13(19)8-14(7-12)20-15(22)9-21-16(23)10-24-17(21)11-4-2-1-3-5-11/h1-8,17H,9-10H2,(H,20,22). The fourth-order valence-corrected chi connectivity index (χ4v) is 4.21. The molecule has 1 unspecified atom stereocenters. The van der Waals surface area contributed by atoms with E-state index in [1.54, 1.807) is 23.1 Å². The Morgan fingerprint density at radius 3 is 2.50 bits per heavy atom. The van der Waals surface area contributed by atoms with Gasteiger partial charge in [0, 0.05) is 15.7 Å². The van der Waals surface area contributed by atoms with Gasteiger partial charge in [-0.15, -0.1) is 11.8 Å². The predicted octanol–water partition coefficient (Wildman–Crippen LogP) is 4.21. The second kappa shape index (κ2) is 7.47. The molecule has 3 rings (SSSR count). The highest BCUT2D eigenvalue weighted by molar-refractivity contribution is 8.00. The summed E-state index contributed by atoms with van der Waals surface area (Å²) in [6.07, 6.45) is 0. The summed E-state index contributed by atoms with van der Waals surface area (Å²) in [6.45, 7) is -0.0183. The Kier molecular flexibility index (Phi) is 5.33. The Hall–Kier alpha value is -1.69. The van der Waals surface area contributed by atoms with Gasteiger partial charge in [0.25, 0.3) is 0 Å². The van der Waals surface area contributed by atoms with Crippen molar-refractivity contribution in [1.29, 1.82) is 0 Å². The van der Waals surface area contributed by atoms with E-state index in [-0.39, 0.29) is 23.7 Å². The van der Waals surface area contributed by atoms with Crippen LogP contribution in [-0.4, -0.2) is 29.0 Å². The molecule has 0 radical (unpaired) electrons. The molecule has 1 aliphatic heterocycles. The van der Waals surface area contributed by atoms with Crippen molar-refractivity contribution in [1.82, 2.24) is 4.90 Å². The molecule has 2 aromatic carbocycles. The van der Waals surface area contributed by atoms with Gasteiger partial charge >= 0.3 is 0 Å². The zero-order chi connectivity index (χ0) is 17.1. The fourth-order valence-electron chi connectivity index (χ4n) is 2.50. The Morgan fingerprint density at radius 2 is 1.83 bits per heavy atom. The van der Waals surface area contributed by atoms with Crippen LogP contribution in [0.15, 0.2) is 48.5 Å². The molecule has 1 fully saturated rings. The van der Waals surface area contributed by atoms with Crippen LogP contribution in [0.5, 0.6) is 0 Å². The molecule has 7 heteroatoms. The van der Waals surface area contributed by atoms with E-state index in [9.17, 15) is 9.59 Å². The smallest absolute Gasteiger partial charge is 0.244 e. The fraction of sp³-hybridized carbons (Fsp3) is 0.176. The van der Waals surface area contributed by atoms with Crippen LogP contribution in [0.25, 0.3) is 0 Å². The van der Waals surface area contributed by atoms with E-state index in [1.807, 2.05) is 30.3 Å². The first-order valence-electron chi connectivity index (χ1n) is 7.25. The lowest BCUT2D eigenvalue weighted by Crippen LogP contribution is -2.36. The molecule has 1 atom stereocenters. The lowest BCUT2D eigenvalue weighted by atomic mass is 10.2. The number of thioether (sulfide) groups is 1. The molecular weight excluding hydrogens is 367 g/mol. The van der Waals surface area contributed by atoms with Crippen LogP contribution in [0.2, 0.25) is 10.0 Å². The number of hydrogen-bond donors (Lipinski definition) is 1. The third kappa shape index (κ3) is 4.04. The summed E-state index contributed by atoms with van der Waals surface area (Å²) in [5, 5.41) is 3.46. The number of halogens is 2. The summed E-state index contributed by atoms with van der Waals surface area (Å²) in [5.41, 5.74) is 1.51. The van der Waals surface area contributed by atoms with Crippen molar-refractivity contribution in [2.24, 2.45) is 0 Å². The summed E-state index contributed by atoms with van der Waals surface area (Å²) < 4.78 is 0. The van der Waals surface area contributed by atoms with E-state index in [1.165, 1.54) is 11.8 Å². The third-order valence-corrected chi connectivity index (χ3v) is 5.21. The van der Waals surface area contributed by atoms with Crippen molar-refractivity contribution in [2.45, 2.75) is 5.37 Å². The molecule has 0 saturated carbocycles. The Balaban J connectivity index is 1.71. The molecule has 4 nitrogen and oxygen atoms in total. The highest BCUT2D eigenvalue weighted by atomic mass is 35.5. The van der Waals surface area contributed by atoms with Gasteiger partial charge in [-0.3, -0.25) is 9.59 Å². The molecule has 24 heavy (non-hydrogen) atoms. The van der Waals surface area contributed by atoms with Gasteiger partial charge in [0.05, 0.1) is 5.75 Å². The third-order valence-electron chi connectivity index (χ3n) is 3.51. The van der Waals surface area contributed by atoms with Crippen molar-refractivity contribution in [3.8, 4) is 0 Å². The Morgan fingerprint density at radius 1 is 1.17 bits per heavy atom. The van der Waals surface area contributed by atoms with E-state index >= 15 is 0 Å². The highest BCUT2D eigenvalue weighted by Crippen LogP contribution is 2.38. The number of nitrogens with one attached hydrogen (secondary N) is 1. The summed E-state index contributed by atoms with van der Waals surface area (Å²) in [6, 6.07) is 14.5. The molecule has 1 aliphatic rings. The molecule has 0 spiro atoms. The average molecular weight is 381 g/mol. The zero-order valence-electron chi connectivity index (χ0n) is 12.5. The lowest BCUT2D eigenvalue weighted by molar-refractivity contribution is -0.132. The maximum absolute atomic E-state index is 12.3. The molecule has 1 N–H and O–H groups in total. The van der Waals surface area contributed by atoms with Gasteiger partial charge in [0.2, 0.25) is 11.8 Å². The number of benzene rings is 2. The molecule has 2 amide bonds. The summed E-state index contributed by atoms with van der Waals surface area (Å²) in [7, 11) is 0. The second-order valence-electron chi connectivity index (χ2n) is 5.30. The lowest BCUT2D eigenvalue weighted by Gasteiger charge is -2.23. The van der Waals surface area contributed by atoms with Crippen LogP contribution in [0.4, 0.5) is 5.69 Å². The van der Waals surface area contributed by atoms with Gasteiger partial charge in [-0.2, -0.15) is 0 Å². The second-order valence-corrected chi connectivity index (χ2v) is 7.24. The molecule has 124 valence electrons. The number of nitrogens with zero attached hydrogens (tertiary/aromatic N) is 1. The Labute approximate surface area is 154 Å². The normalized spacial score (nSPS) is 17.2. The number of anilines is 1. The van der Waals surface area contributed by atoms with Gasteiger partial charge in [-0.25, -0.2) is 0 Å². The van der Waals surface area contributed by atoms with Gasteiger partial charge < -0.3 is 10.2 Å². The van der Waals surface area contributed by atoms with Crippen molar-refractivity contribution in [3.63, 3.8) is 0 Å². The van der Waals surface area contributed by atoms with Crippen molar-refractivity contribution >= 4 is 52.5 Å². The monoisotopic (exact) mass is 380 g/mol. The summed E-state index contributed by atoms with van der Waals surface area (Å²) >= 11 is 13.4.